The highest BCUT2D eigenvalue weighted by Gasteiger charge is 2.28. The van der Waals surface area contributed by atoms with Crippen LogP contribution in [0, 0.1) is 11.8 Å². The Morgan fingerprint density at radius 1 is 1.37 bits per heavy atom. The molecule has 0 heterocycles. The second kappa shape index (κ2) is 7.36. The molecule has 2 amide bonds. The summed E-state index contributed by atoms with van der Waals surface area (Å²) in [4.78, 5) is 24.3. The molecule has 0 aromatic heterocycles. The first-order valence-electron chi connectivity index (χ1n) is 7.19. The number of rotatable bonds is 8. The van der Waals surface area contributed by atoms with Gasteiger partial charge in [-0.3, -0.25) is 4.79 Å². The van der Waals surface area contributed by atoms with Crippen LogP contribution in [-0.2, 0) is 4.79 Å². The number of carboxylic acids is 1. The zero-order valence-corrected chi connectivity index (χ0v) is 12.2. The van der Waals surface area contributed by atoms with Crippen molar-refractivity contribution in [2.75, 3.05) is 13.1 Å². The highest BCUT2D eigenvalue weighted by Crippen LogP contribution is 2.29. The number of carbonyl (C=O) groups excluding carboxylic acids is 1. The van der Waals surface area contributed by atoms with Gasteiger partial charge in [0.2, 0.25) is 0 Å². The third kappa shape index (κ3) is 6.45. The van der Waals surface area contributed by atoms with E-state index in [9.17, 15) is 9.59 Å². The van der Waals surface area contributed by atoms with Crippen molar-refractivity contribution in [2.45, 2.75) is 52.5 Å². The van der Waals surface area contributed by atoms with E-state index in [2.05, 4.69) is 19.2 Å². The number of carboxylic acid groups (broad SMARTS) is 1. The Kier molecular flexibility index (Phi) is 6.12. The standard InChI is InChI=1S/C14H26N2O3/c1-4-10(2)7-11(3)15-14(19)16(9-13(17)18)8-12-5-6-12/h10-12H,4-9H2,1-3H3,(H,15,19)(H,17,18). The van der Waals surface area contributed by atoms with Crippen molar-refractivity contribution in [2.24, 2.45) is 11.8 Å². The molecule has 0 aliphatic heterocycles. The lowest BCUT2D eigenvalue weighted by atomic mass is 10.0. The van der Waals surface area contributed by atoms with E-state index in [1.54, 1.807) is 0 Å². The van der Waals surface area contributed by atoms with Crippen molar-refractivity contribution in [1.82, 2.24) is 10.2 Å². The predicted molar refractivity (Wildman–Crippen MR) is 74.0 cm³/mol. The van der Waals surface area contributed by atoms with E-state index in [0.29, 0.717) is 18.4 Å². The summed E-state index contributed by atoms with van der Waals surface area (Å²) in [5.74, 6) is 0.104. The molecule has 1 rings (SSSR count). The van der Waals surface area contributed by atoms with Crippen LogP contribution in [0.4, 0.5) is 4.79 Å². The number of aliphatic carboxylic acids is 1. The molecular weight excluding hydrogens is 244 g/mol. The monoisotopic (exact) mass is 270 g/mol. The normalized spacial score (nSPS) is 17.6. The summed E-state index contributed by atoms with van der Waals surface area (Å²) in [6.07, 6.45) is 4.21. The number of nitrogens with zero attached hydrogens (tertiary/aromatic N) is 1. The molecule has 1 aliphatic carbocycles. The lowest BCUT2D eigenvalue weighted by molar-refractivity contribution is -0.137. The van der Waals surface area contributed by atoms with Crippen molar-refractivity contribution in [3.8, 4) is 0 Å². The van der Waals surface area contributed by atoms with Gasteiger partial charge in [0.25, 0.3) is 0 Å². The Balaban J connectivity index is 2.43. The summed E-state index contributed by atoms with van der Waals surface area (Å²) in [5.41, 5.74) is 0. The summed E-state index contributed by atoms with van der Waals surface area (Å²) in [5, 5.41) is 11.8. The Hall–Kier alpha value is -1.26. The molecule has 0 saturated heterocycles. The fourth-order valence-electron chi connectivity index (χ4n) is 2.13. The van der Waals surface area contributed by atoms with Gasteiger partial charge in [-0.2, -0.15) is 0 Å². The molecule has 19 heavy (non-hydrogen) atoms. The minimum absolute atomic E-state index is 0.0814. The second-order valence-corrected chi connectivity index (χ2v) is 5.82. The lowest BCUT2D eigenvalue weighted by Crippen LogP contribution is -2.47. The van der Waals surface area contributed by atoms with Crippen LogP contribution in [0.3, 0.4) is 0 Å². The summed E-state index contributed by atoms with van der Waals surface area (Å²) >= 11 is 0. The first-order valence-corrected chi connectivity index (χ1v) is 7.19. The molecule has 1 saturated carbocycles. The molecule has 2 atom stereocenters. The molecule has 0 aromatic carbocycles. The minimum Gasteiger partial charge on any atom is -0.480 e. The Morgan fingerprint density at radius 2 is 2.00 bits per heavy atom. The largest absolute Gasteiger partial charge is 0.480 e. The summed E-state index contributed by atoms with van der Waals surface area (Å²) in [6.45, 7) is 6.61. The average molecular weight is 270 g/mol. The fourth-order valence-corrected chi connectivity index (χ4v) is 2.13. The smallest absolute Gasteiger partial charge is 0.323 e. The van der Waals surface area contributed by atoms with Crippen LogP contribution in [0.5, 0.6) is 0 Å². The highest BCUT2D eigenvalue weighted by molar-refractivity contribution is 5.80. The molecule has 0 aromatic rings. The van der Waals surface area contributed by atoms with E-state index in [0.717, 1.165) is 25.7 Å². The predicted octanol–water partition coefficient (Wildman–Crippen LogP) is 2.32. The van der Waals surface area contributed by atoms with E-state index in [1.165, 1.54) is 4.90 Å². The average Bonchev–Trinajstić information content (AvgIpc) is 3.11. The maximum absolute atomic E-state index is 12.1. The van der Waals surface area contributed by atoms with Crippen LogP contribution >= 0.6 is 0 Å². The molecule has 2 unspecified atom stereocenters. The molecule has 110 valence electrons. The van der Waals surface area contributed by atoms with Crippen LogP contribution in [0.15, 0.2) is 0 Å². The molecule has 5 nitrogen and oxygen atoms in total. The number of hydrogen-bond acceptors (Lipinski definition) is 2. The molecule has 1 aliphatic rings. The molecule has 1 fully saturated rings. The molecule has 2 N–H and O–H groups in total. The van der Waals surface area contributed by atoms with Gasteiger partial charge >= 0.3 is 12.0 Å². The molecule has 0 spiro atoms. The summed E-state index contributed by atoms with van der Waals surface area (Å²) < 4.78 is 0. The third-order valence-electron chi connectivity index (χ3n) is 3.61. The van der Waals surface area contributed by atoms with Gasteiger partial charge in [0, 0.05) is 12.6 Å². The van der Waals surface area contributed by atoms with Crippen LogP contribution in [0.25, 0.3) is 0 Å². The number of carbonyl (C=O) groups is 2. The van der Waals surface area contributed by atoms with Crippen molar-refractivity contribution < 1.29 is 14.7 Å². The van der Waals surface area contributed by atoms with Gasteiger partial charge < -0.3 is 15.3 Å². The van der Waals surface area contributed by atoms with E-state index < -0.39 is 5.97 Å². The van der Waals surface area contributed by atoms with Gasteiger partial charge in [0.1, 0.15) is 6.54 Å². The zero-order valence-electron chi connectivity index (χ0n) is 12.2. The van der Waals surface area contributed by atoms with Gasteiger partial charge in [0.15, 0.2) is 0 Å². The van der Waals surface area contributed by atoms with E-state index >= 15 is 0 Å². The first-order chi connectivity index (χ1) is 8.92. The second-order valence-electron chi connectivity index (χ2n) is 5.82. The summed E-state index contributed by atoms with van der Waals surface area (Å²) in [7, 11) is 0. The van der Waals surface area contributed by atoms with Crippen molar-refractivity contribution in [1.29, 1.82) is 0 Å². The van der Waals surface area contributed by atoms with Gasteiger partial charge in [-0.1, -0.05) is 20.3 Å². The molecule has 0 bridgehead atoms. The van der Waals surface area contributed by atoms with E-state index in [-0.39, 0.29) is 18.6 Å². The van der Waals surface area contributed by atoms with Crippen molar-refractivity contribution in [3.05, 3.63) is 0 Å². The first kappa shape index (κ1) is 15.8. The van der Waals surface area contributed by atoms with Gasteiger partial charge in [-0.05, 0) is 38.0 Å². The number of urea groups is 1. The fraction of sp³-hybridized carbons (Fsp3) is 0.857. The number of amides is 2. The zero-order chi connectivity index (χ0) is 14.4. The highest BCUT2D eigenvalue weighted by atomic mass is 16.4. The number of nitrogens with one attached hydrogen (secondary N) is 1. The number of hydrogen-bond donors (Lipinski definition) is 2. The molecule has 0 radical (unpaired) electrons. The Morgan fingerprint density at radius 3 is 2.47 bits per heavy atom. The van der Waals surface area contributed by atoms with Crippen LogP contribution < -0.4 is 5.32 Å². The quantitative estimate of drug-likeness (QED) is 0.711. The topological polar surface area (TPSA) is 69.6 Å². The van der Waals surface area contributed by atoms with Gasteiger partial charge in [-0.15, -0.1) is 0 Å². The van der Waals surface area contributed by atoms with Crippen LogP contribution in [0.1, 0.15) is 46.5 Å². The van der Waals surface area contributed by atoms with E-state index in [1.807, 2.05) is 6.92 Å². The molecular formula is C14H26N2O3. The van der Waals surface area contributed by atoms with Gasteiger partial charge in [0.05, 0.1) is 0 Å². The van der Waals surface area contributed by atoms with Crippen molar-refractivity contribution in [3.63, 3.8) is 0 Å². The Labute approximate surface area is 115 Å². The lowest BCUT2D eigenvalue weighted by Gasteiger charge is -2.24. The Bertz CT molecular complexity index is 316. The minimum atomic E-state index is -0.953. The maximum atomic E-state index is 12.1. The van der Waals surface area contributed by atoms with Crippen LogP contribution in [-0.4, -0.2) is 41.1 Å². The van der Waals surface area contributed by atoms with E-state index in [4.69, 9.17) is 5.11 Å². The SMILES string of the molecule is CCC(C)CC(C)NC(=O)N(CC(=O)O)CC1CC1. The third-order valence-corrected chi connectivity index (χ3v) is 3.61. The van der Waals surface area contributed by atoms with Crippen molar-refractivity contribution >= 4 is 12.0 Å². The summed E-state index contributed by atoms with van der Waals surface area (Å²) in [6, 6.07) is -0.164. The van der Waals surface area contributed by atoms with Gasteiger partial charge in [-0.25, -0.2) is 4.79 Å². The molecule has 5 heteroatoms. The maximum Gasteiger partial charge on any atom is 0.323 e. The van der Waals surface area contributed by atoms with Crippen LogP contribution in [0.2, 0.25) is 0 Å².